The number of amides is 1. The monoisotopic (exact) mass is 283 g/mol. The van der Waals surface area contributed by atoms with Crippen LogP contribution in [0.4, 0.5) is 14.5 Å². The normalized spacial score (nSPS) is 16.4. The molecule has 0 atom stereocenters. The third kappa shape index (κ3) is 3.98. The molecule has 1 aliphatic heterocycles. The van der Waals surface area contributed by atoms with Crippen LogP contribution in [0.3, 0.4) is 0 Å². The summed E-state index contributed by atoms with van der Waals surface area (Å²) in [6.45, 7) is 2.16. The molecule has 1 amide bonds. The van der Waals surface area contributed by atoms with Gasteiger partial charge in [0.25, 0.3) is 0 Å². The average molecular weight is 283 g/mol. The molecule has 6 heteroatoms. The number of anilines is 1. The number of carbonyl (C=O) groups is 1. The lowest BCUT2D eigenvalue weighted by molar-refractivity contribution is -0.117. The van der Waals surface area contributed by atoms with E-state index in [2.05, 4.69) is 10.6 Å². The molecule has 0 spiro atoms. The molecule has 2 rings (SSSR count). The van der Waals surface area contributed by atoms with E-state index in [1.165, 1.54) is 6.07 Å². The summed E-state index contributed by atoms with van der Waals surface area (Å²) in [7, 11) is 1.90. The highest BCUT2D eigenvalue weighted by atomic mass is 19.2. The zero-order chi connectivity index (χ0) is 14.5. The molecule has 20 heavy (non-hydrogen) atoms. The van der Waals surface area contributed by atoms with Crippen molar-refractivity contribution < 1.29 is 13.6 Å². The number of hydrogen-bond donors (Lipinski definition) is 2. The van der Waals surface area contributed by atoms with E-state index in [0.717, 1.165) is 38.1 Å². The Morgan fingerprint density at radius 3 is 2.70 bits per heavy atom. The van der Waals surface area contributed by atoms with Crippen molar-refractivity contribution in [3.8, 4) is 0 Å². The Morgan fingerprint density at radius 2 is 2.05 bits per heavy atom. The Hall–Kier alpha value is -1.53. The molecule has 1 heterocycles. The molecule has 1 aliphatic rings. The molecule has 1 aromatic carbocycles. The van der Waals surface area contributed by atoms with Crippen LogP contribution in [0.25, 0.3) is 0 Å². The first-order valence-electron chi connectivity index (χ1n) is 6.72. The molecular formula is C14H19F2N3O. The van der Waals surface area contributed by atoms with Crippen LogP contribution >= 0.6 is 0 Å². The van der Waals surface area contributed by atoms with E-state index in [4.69, 9.17) is 0 Å². The van der Waals surface area contributed by atoms with E-state index in [1.54, 1.807) is 0 Å². The lowest BCUT2D eigenvalue weighted by Gasteiger charge is -2.31. The predicted octanol–water partition coefficient (Wildman–Crippen LogP) is 1.59. The van der Waals surface area contributed by atoms with Gasteiger partial charge in [-0.1, -0.05) is 0 Å². The fourth-order valence-electron chi connectivity index (χ4n) is 2.38. The van der Waals surface area contributed by atoms with Gasteiger partial charge in [0.1, 0.15) is 0 Å². The van der Waals surface area contributed by atoms with Crippen LogP contribution in [0.1, 0.15) is 12.8 Å². The minimum atomic E-state index is -0.963. The molecule has 1 aromatic rings. The van der Waals surface area contributed by atoms with Gasteiger partial charge in [-0.05, 0) is 45.1 Å². The maximum Gasteiger partial charge on any atom is 0.238 e. The number of hydrogen-bond acceptors (Lipinski definition) is 3. The summed E-state index contributed by atoms with van der Waals surface area (Å²) in [4.78, 5) is 13.9. The summed E-state index contributed by atoms with van der Waals surface area (Å²) in [5.41, 5.74) is 0.271. The summed E-state index contributed by atoms with van der Waals surface area (Å²) in [6.07, 6.45) is 2.02. The zero-order valence-electron chi connectivity index (χ0n) is 11.5. The van der Waals surface area contributed by atoms with Crippen LogP contribution in [0, 0.1) is 11.6 Å². The lowest BCUT2D eigenvalue weighted by Crippen LogP contribution is -2.44. The fraction of sp³-hybridized carbons (Fsp3) is 0.500. The topological polar surface area (TPSA) is 44.4 Å². The predicted molar refractivity (Wildman–Crippen MR) is 73.5 cm³/mol. The summed E-state index contributed by atoms with van der Waals surface area (Å²) in [5.74, 6) is -2.11. The number of likely N-dealkylation sites (N-methyl/N-ethyl adjacent to an activating group) is 1. The molecule has 0 saturated carbocycles. The first-order valence-corrected chi connectivity index (χ1v) is 6.72. The SMILES string of the molecule is CN(CC(=O)Nc1ccc(F)c(F)c1)C1CCNCC1. The highest BCUT2D eigenvalue weighted by Gasteiger charge is 2.19. The van der Waals surface area contributed by atoms with Gasteiger partial charge >= 0.3 is 0 Å². The van der Waals surface area contributed by atoms with Crippen LogP contribution < -0.4 is 10.6 Å². The van der Waals surface area contributed by atoms with Gasteiger partial charge in [-0.2, -0.15) is 0 Å². The summed E-state index contributed by atoms with van der Waals surface area (Å²) in [5, 5.41) is 5.85. The number of benzene rings is 1. The fourth-order valence-corrected chi connectivity index (χ4v) is 2.38. The number of nitrogens with one attached hydrogen (secondary N) is 2. The summed E-state index contributed by atoms with van der Waals surface area (Å²) < 4.78 is 25.8. The molecule has 4 nitrogen and oxygen atoms in total. The van der Waals surface area contributed by atoms with Crippen molar-refractivity contribution in [1.29, 1.82) is 0 Å². The Morgan fingerprint density at radius 1 is 1.35 bits per heavy atom. The third-order valence-electron chi connectivity index (χ3n) is 3.53. The average Bonchev–Trinajstić information content (AvgIpc) is 2.44. The number of carbonyl (C=O) groups excluding carboxylic acids is 1. The minimum absolute atomic E-state index is 0.225. The highest BCUT2D eigenvalue weighted by molar-refractivity contribution is 5.92. The number of nitrogens with zero attached hydrogens (tertiary/aromatic N) is 1. The van der Waals surface area contributed by atoms with Crippen LogP contribution in [-0.4, -0.2) is 43.5 Å². The maximum absolute atomic E-state index is 13.0. The number of halogens is 2. The summed E-state index contributed by atoms with van der Waals surface area (Å²) >= 11 is 0. The third-order valence-corrected chi connectivity index (χ3v) is 3.53. The van der Waals surface area contributed by atoms with Gasteiger partial charge < -0.3 is 10.6 Å². The lowest BCUT2D eigenvalue weighted by atomic mass is 10.1. The van der Waals surface area contributed by atoms with Crippen molar-refractivity contribution in [3.05, 3.63) is 29.8 Å². The number of rotatable bonds is 4. The molecule has 0 radical (unpaired) electrons. The van der Waals surface area contributed by atoms with Crippen molar-refractivity contribution in [1.82, 2.24) is 10.2 Å². The second-order valence-corrected chi connectivity index (χ2v) is 5.07. The Labute approximate surface area is 117 Å². The Balaban J connectivity index is 1.86. The minimum Gasteiger partial charge on any atom is -0.325 e. The van der Waals surface area contributed by atoms with E-state index < -0.39 is 11.6 Å². The number of piperidine rings is 1. The van der Waals surface area contributed by atoms with E-state index in [0.29, 0.717) is 6.04 Å². The second kappa shape index (κ2) is 6.76. The molecule has 110 valence electrons. The van der Waals surface area contributed by atoms with Crippen LogP contribution in [0.2, 0.25) is 0 Å². The highest BCUT2D eigenvalue weighted by Crippen LogP contribution is 2.14. The maximum atomic E-state index is 13.0. The quantitative estimate of drug-likeness (QED) is 0.882. The van der Waals surface area contributed by atoms with Crippen LogP contribution in [-0.2, 0) is 4.79 Å². The molecule has 0 bridgehead atoms. The van der Waals surface area contributed by atoms with Crippen LogP contribution in [0.15, 0.2) is 18.2 Å². The largest absolute Gasteiger partial charge is 0.325 e. The first kappa shape index (κ1) is 14.9. The molecular weight excluding hydrogens is 264 g/mol. The molecule has 0 aliphatic carbocycles. The Bertz CT molecular complexity index is 475. The van der Waals surface area contributed by atoms with Crippen LogP contribution in [0.5, 0.6) is 0 Å². The van der Waals surface area contributed by atoms with Crippen molar-refractivity contribution >= 4 is 11.6 Å². The van der Waals surface area contributed by atoms with E-state index in [1.807, 2.05) is 11.9 Å². The van der Waals surface area contributed by atoms with E-state index >= 15 is 0 Å². The van der Waals surface area contributed by atoms with Crippen molar-refractivity contribution in [2.75, 3.05) is 32.0 Å². The molecule has 2 N–H and O–H groups in total. The standard InChI is InChI=1S/C14H19F2N3O/c1-19(11-4-6-17-7-5-11)9-14(20)18-10-2-3-12(15)13(16)8-10/h2-3,8,11,17H,4-7,9H2,1H3,(H,18,20). The zero-order valence-corrected chi connectivity index (χ0v) is 11.5. The van der Waals surface area contributed by atoms with Gasteiger partial charge in [0, 0.05) is 17.8 Å². The van der Waals surface area contributed by atoms with Gasteiger partial charge in [0.2, 0.25) is 5.91 Å². The Kier molecular flexibility index (Phi) is 5.03. The smallest absolute Gasteiger partial charge is 0.238 e. The van der Waals surface area contributed by atoms with Crippen molar-refractivity contribution in [3.63, 3.8) is 0 Å². The first-order chi connectivity index (χ1) is 9.56. The summed E-state index contributed by atoms with van der Waals surface area (Å²) in [6, 6.07) is 3.71. The van der Waals surface area contributed by atoms with Gasteiger partial charge in [-0.3, -0.25) is 9.69 Å². The van der Waals surface area contributed by atoms with Gasteiger partial charge in [0.15, 0.2) is 11.6 Å². The molecule has 1 saturated heterocycles. The van der Waals surface area contributed by atoms with E-state index in [-0.39, 0.29) is 18.1 Å². The van der Waals surface area contributed by atoms with Crippen molar-refractivity contribution in [2.24, 2.45) is 0 Å². The second-order valence-electron chi connectivity index (χ2n) is 5.07. The van der Waals surface area contributed by atoms with Gasteiger partial charge in [0.05, 0.1) is 6.54 Å². The van der Waals surface area contributed by atoms with Crippen molar-refractivity contribution in [2.45, 2.75) is 18.9 Å². The van der Waals surface area contributed by atoms with Gasteiger partial charge in [-0.25, -0.2) is 8.78 Å². The molecule has 0 unspecified atom stereocenters. The van der Waals surface area contributed by atoms with E-state index in [9.17, 15) is 13.6 Å². The molecule has 1 fully saturated rings. The van der Waals surface area contributed by atoms with Gasteiger partial charge in [-0.15, -0.1) is 0 Å². The molecule has 0 aromatic heterocycles.